The topological polar surface area (TPSA) is 78.1 Å². The maximum atomic E-state index is 12.6. The molecule has 0 fully saturated rings. The highest BCUT2D eigenvalue weighted by atomic mass is 35.5. The van der Waals surface area contributed by atoms with Gasteiger partial charge in [0.15, 0.2) is 0 Å². The molecular weight excluding hydrogens is 382 g/mol. The van der Waals surface area contributed by atoms with E-state index in [-0.39, 0.29) is 16.9 Å². The first-order chi connectivity index (χ1) is 12.7. The maximum Gasteiger partial charge on any atom is 0.487 e. The molecule has 0 radical (unpaired) electrons. The number of hydrogen-bond acceptors (Lipinski definition) is 4. The van der Waals surface area contributed by atoms with Crippen LogP contribution in [0, 0.1) is 0 Å². The van der Waals surface area contributed by atoms with Crippen molar-refractivity contribution in [2.24, 2.45) is 7.05 Å². The number of anilines is 1. The summed E-state index contributed by atoms with van der Waals surface area (Å²) in [6.45, 7) is 0. The average molecular weight is 395 g/mol. The second kappa shape index (κ2) is 7.20. The number of aromatic nitrogens is 3. The molecule has 0 aliphatic heterocycles. The van der Waals surface area contributed by atoms with Gasteiger partial charge in [-0.15, -0.1) is 8.78 Å². The number of benzene rings is 1. The van der Waals surface area contributed by atoms with Crippen molar-refractivity contribution in [3.8, 4) is 11.4 Å². The van der Waals surface area contributed by atoms with E-state index in [4.69, 9.17) is 11.6 Å². The molecule has 2 heterocycles. The molecule has 0 unspecified atom stereocenters. The molecular formula is C17H13ClF2N4O3. The Balaban J connectivity index is 1.77. The molecule has 1 amide bonds. The minimum Gasteiger partial charge on any atom is -0.420 e. The lowest BCUT2D eigenvalue weighted by molar-refractivity contribution is -0.0964. The fraction of sp³-hybridized carbons (Fsp3) is 0.118. The van der Waals surface area contributed by atoms with Gasteiger partial charge in [-0.25, -0.2) is 0 Å². The summed E-state index contributed by atoms with van der Waals surface area (Å²) in [4.78, 5) is 24.4. The summed E-state index contributed by atoms with van der Waals surface area (Å²) in [7, 11) is 1.71. The third-order valence-electron chi connectivity index (χ3n) is 3.49. The van der Waals surface area contributed by atoms with Gasteiger partial charge in [-0.1, -0.05) is 0 Å². The molecule has 27 heavy (non-hydrogen) atoms. The second-order valence-corrected chi connectivity index (χ2v) is 5.96. The molecule has 3 aromatic rings. The van der Waals surface area contributed by atoms with E-state index in [1.54, 1.807) is 13.2 Å². The third-order valence-corrected chi connectivity index (χ3v) is 3.57. The van der Waals surface area contributed by atoms with E-state index in [1.165, 1.54) is 58.0 Å². The molecule has 0 spiro atoms. The SMILES string of the molecule is Cn1cc(-n2cc(C(=O)Nc3ccc(OC(F)(F)Cl)cc3)ccc2=O)cn1. The predicted octanol–water partition coefficient (Wildman–Crippen LogP) is 2.99. The Morgan fingerprint density at radius 1 is 1.19 bits per heavy atom. The molecule has 0 saturated heterocycles. The molecule has 7 nitrogen and oxygen atoms in total. The number of amides is 1. The summed E-state index contributed by atoms with van der Waals surface area (Å²) in [5.41, 5.74) is -3.04. The number of halogens is 3. The summed E-state index contributed by atoms with van der Waals surface area (Å²) in [6, 6.07) is 7.89. The van der Waals surface area contributed by atoms with Crippen LogP contribution in [-0.4, -0.2) is 25.8 Å². The summed E-state index contributed by atoms with van der Waals surface area (Å²) >= 11 is 4.69. The quantitative estimate of drug-likeness (QED) is 0.675. The van der Waals surface area contributed by atoms with E-state index >= 15 is 0 Å². The lowest BCUT2D eigenvalue weighted by atomic mass is 10.2. The van der Waals surface area contributed by atoms with Crippen LogP contribution in [-0.2, 0) is 7.05 Å². The lowest BCUT2D eigenvalue weighted by Crippen LogP contribution is -2.20. The molecule has 0 bridgehead atoms. The van der Waals surface area contributed by atoms with E-state index in [2.05, 4.69) is 15.2 Å². The van der Waals surface area contributed by atoms with E-state index in [9.17, 15) is 18.4 Å². The van der Waals surface area contributed by atoms with Crippen LogP contribution < -0.4 is 15.6 Å². The lowest BCUT2D eigenvalue weighted by Gasteiger charge is -2.11. The van der Waals surface area contributed by atoms with Crippen LogP contribution in [0.1, 0.15) is 10.4 Å². The summed E-state index contributed by atoms with van der Waals surface area (Å²) in [5.74, 6) is -0.637. The minimum absolute atomic E-state index is 0.155. The number of carbonyl (C=O) groups excluding carboxylic acids is 1. The van der Waals surface area contributed by atoms with Crippen molar-refractivity contribution in [1.82, 2.24) is 14.3 Å². The van der Waals surface area contributed by atoms with Gasteiger partial charge in [-0.05, 0) is 30.3 Å². The van der Waals surface area contributed by atoms with Crippen LogP contribution >= 0.6 is 11.6 Å². The van der Waals surface area contributed by atoms with Gasteiger partial charge in [0.1, 0.15) is 5.75 Å². The third kappa shape index (κ3) is 4.70. The van der Waals surface area contributed by atoms with Crippen molar-refractivity contribution in [3.05, 3.63) is 70.9 Å². The first-order valence-corrected chi connectivity index (χ1v) is 7.98. The van der Waals surface area contributed by atoms with E-state index in [0.717, 1.165) is 0 Å². The number of carbonyl (C=O) groups is 1. The second-order valence-electron chi connectivity index (χ2n) is 5.52. The Morgan fingerprint density at radius 3 is 2.48 bits per heavy atom. The van der Waals surface area contributed by atoms with Crippen molar-refractivity contribution in [2.45, 2.75) is 5.57 Å². The molecule has 1 N–H and O–H groups in total. The molecule has 3 rings (SSSR count). The predicted molar refractivity (Wildman–Crippen MR) is 94.6 cm³/mol. The zero-order chi connectivity index (χ0) is 19.6. The largest absolute Gasteiger partial charge is 0.487 e. The maximum absolute atomic E-state index is 12.6. The van der Waals surface area contributed by atoms with Crippen molar-refractivity contribution in [3.63, 3.8) is 0 Å². The van der Waals surface area contributed by atoms with Crippen LogP contribution in [0.15, 0.2) is 59.8 Å². The van der Waals surface area contributed by atoms with Gasteiger partial charge >= 0.3 is 5.57 Å². The van der Waals surface area contributed by atoms with Crippen LogP contribution in [0.2, 0.25) is 0 Å². The first-order valence-electron chi connectivity index (χ1n) is 7.60. The van der Waals surface area contributed by atoms with Crippen molar-refractivity contribution < 1.29 is 18.3 Å². The van der Waals surface area contributed by atoms with Crippen LogP contribution in [0.3, 0.4) is 0 Å². The molecule has 0 atom stereocenters. The zero-order valence-corrected chi connectivity index (χ0v) is 14.7. The molecule has 10 heteroatoms. The van der Waals surface area contributed by atoms with Gasteiger partial charge in [0.05, 0.1) is 17.4 Å². The van der Waals surface area contributed by atoms with Crippen LogP contribution in [0.5, 0.6) is 5.75 Å². The number of aryl methyl sites for hydroxylation is 1. The zero-order valence-electron chi connectivity index (χ0n) is 13.9. The van der Waals surface area contributed by atoms with Crippen molar-refractivity contribution in [1.29, 1.82) is 0 Å². The van der Waals surface area contributed by atoms with E-state index < -0.39 is 11.5 Å². The number of ether oxygens (including phenoxy) is 1. The highest BCUT2D eigenvalue weighted by Gasteiger charge is 2.27. The van der Waals surface area contributed by atoms with Gasteiger partial charge in [0.2, 0.25) is 0 Å². The number of pyridine rings is 1. The highest BCUT2D eigenvalue weighted by Crippen LogP contribution is 2.26. The molecule has 0 aliphatic rings. The smallest absolute Gasteiger partial charge is 0.420 e. The standard InChI is InChI=1S/C17H13ClF2N4O3/c1-23-10-13(8-21-23)24-9-11(2-7-15(24)25)16(26)22-12-3-5-14(6-4-12)27-17(18,19)20/h2-10H,1H3,(H,22,26). The summed E-state index contributed by atoms with van der Waals surface area (Å²) in [5, 5.41) is 6.59. The van der Waals surface area contributed by atoms with Gasteiger partial charge in [-0.2, -0.15) is 5.10 Å². The van der Waals surface area contributed by atoms with Crippen LogP contribution in [0.4, 0.5) is 14.5 Å². The molecule has 2 aromatic heterocycles. The minimum atomic E-state index is -3.81. The fourth-order valence-electron chi connectivity index (χ4n) is 2.30. The highest BCUT2D eigenvalue weighted by molar-refractivity contribution is 6.20. The number of nitrogens with one attached hydrogen (secondary N) is 1. The van der Waals surface area contributed by atoms with Crippen molar-refractivity contribution in [2.75, 3.05) is 5.32 Å². The summed E-state index contributed by atoms with van der Waals surface area (Å²) < 4.78 is 32.2. The molecule has 1 aromatic carbocycles. The Morgan fingerprint density at radius 2 is 1.89 bits per heavy atom. The molecule has 0 saturated carbocycles. The van der Waals surface area contributed by atoms with E-state index in [1.807, 2.05) is 0 Å². The van der Waals surface area contributed by atoms with Gasteiger partial charge in [0, 0.05) is 42.8 Å². The monoisotopic (exact) mass is 394 g/mol. The number of nitrogens with zero attached hydrogens (tertiary/aromatic N) is 3. The molecule has 140 valence electrons. The number of rotatable bonds is 5. The molecule has 0 aliphatic carbocycles. The van der Waals surface area contributed by atoms with Crippen molar-refractivity contribution >= 4 is 23.2 Å². The van der Waals surface area contributed by atoms with Crippen LogP contribution in [0.25, 0.3) is 5.69 Å². The van der Waals surface area contributed by atoms with E-state index in [0.29, 0.717) is 11.4 Å². The average Bonchev–Trinajstić information content (AvgIpc) is 3.02. The number of hydrogen-bond donors (Lipinski definition) is 1. The Kier molecular flexibility index (Phi) is 4.95. The number of alkyl halides is 3. The first kappa shape index (κ1) is 18.6. The fourth-order valence-corrected chi connectivity index (χ4v) is 2.39. The Labute approximate surface area is 156 Å². The Hall–Kier alpha value is -3.20. The Bertz CT molecular complexity index is 1030. The van der Waals surface area contributed by atoms with Gasteiger partial charge < -0.3 is 10.1 Å². The van der Waals surface area contributed by atoms with Gasteiger partial charge in [-0.3, -0.25) is 18.8 Å². The normalized spacial score (nSPS) is 11.3. The van der Waals surface area contributed by atoms with Gasteiger partial charge in [0.25, 0.3) is 11.5 Å². The summed E-state index contributed by atoms with van der Waals surface area (Å²) in [6.07, 6.45) is 4.52.